The van der Waals surface area contributed by atoms with Crippen molar-refractivity contribution in [3.05, 3.63) is 33.8 Å². The number of carbonyl (C=O) groups is 1. The van der Waals surface area contributed by atoms with Crippen LogP contribution >= 0.6 is 23.2 Å². The smallest absolute Gasteiger partial charge is 0.244 e. The Bertz CT molecular complexity index is 602. The molecule has 0 radical (unpaired) electrons. The monoisotopic (exact) mass is 324 g/mol. The summed E-state index contributed by atoms with van der Waals surface area (Å²) < 4.78 is 0. The second kappa shape index (κ2) is 5.62. The molecule has 0 aliphatic heterocycles. The maximum absolute atomic E-state index is 12.2. The highest BCUT2D eigenvalue weighted by Crippen LogP contribution is 2.66. The minimum absolute atomic E-state index is 0.0331. The Morgan fingerprint density at radius 3 is 2.90 bits per heavy atom. The third-order valence-corrected chi connectivity index (χ3v) is 5.52. The fourth-order valence-electron chi connectivity index (χ4n) is 3.69. The molecule has 112 valence electrons. The van der Waals surface area contributed by atoms with E-state index in [0.29, 0.717) is 16.0 Å². The lowest BCUT2D eigenvalue weighted by Gasteiger charge is -2.15. The van der Waals surface area contributed by atoms with Crippen LogP contribution in [0, 0.1) is 17.3 Å². The number of nitrogens with one attached hydrogen (secondary N) is 1. The number of hydrogen-bond donors (Lipinski definition) is 1. The lowest BCUT2D eigenvalue weighted by Crippen LogP contribution is -2.22. The molecule has 0 saturated heterocycles. The van der Waals surface area contributed by atoms with Gasteiger partial charge in [-0.2, -0.15) is 5.10 Å². The largest absolute Gasteiger partial charge is 0.273 e. The van der Waals surface area contributed by atoms with Crippen LogP contribution in [0.4, 0.5) is 0 Å². The fourth-order valence-corrected chi connectivity index (χ4v) is 4.15. The maximum Gasteiger partial charge on any atom is 0.244 e. The van der Waals surface area contributed by atoms with Crippen molar-refractivity contribution in [3.63, 3.8) is 0 Å². The van der Waals surface area contributed by atoms with Crippen molar-refractivity contribution < 1.29 is 4.79 Å². The van der Waals surface area contributed by atoms with Crippen LogP contribution in [0.15, 0.2) is 23.3 Å². The van der Waals surface area contributed by atoms with Gasteiger partial charge in [0.1, 0.15) is 0 Å². The molecule has 2 aliphatic rings. The molecule has 0 bridgehead atoms. The zero-order valence-electron chi connectivity index (χ0n) is 11.9. The van der Waals surface area contributed by atoms with Crippen LogP contribution in [0.2, 0.25) is 10.0 Å². The molecule has 0 aromatic heterocycles. The number of hydrogen-bond acceptors (Lipinski definition) is 2. The Labute approximate surface area is 134 Å². The molecule has 3 rings (SSSR count). The SMILES string of the molecule is CC12CCCCC1C2C(=O)NN=Cc1ccc(Cl)cc1Cl. The second-order valence-corrected chi connectivity index (χ2v) is 7.08. The van der Waals surface area contributed by atoms with Gasteiger partial charge in [0.05, 0.1) is 11.2 Å². The molecule has 1 aromatic carbocycles. The highest BCUT2D eigenvalue weighted by Gasteiger charge is 2.64. The average Bonchev–Trinajstić information content (AvgIpc) is 3.07. The summed E-state index contributed by atoms with van der Waals surface area (Å²) in [5.74, 6) is 0.698. The fraction of sp³-hybridized carbons (Fsp3) is 0.500. The van der Waals surface area contributed by atoms with Gasteiger partial charge in [-0.3, -0.25) is 4.79 Å². The summed E-state index contributed by atoms with van der Waals surface area (Å²) in [6, 6.07) is 5.18. The molecule has 2 saturated carbocycles. The van der Waals surface area contributed by atoms with E-state index in [0.717, 1.165) is 12.0 Å². The molecule has 3 nitrogen and oxygen atoms in total. The molecule has 21 heavy (non-hydrogen) atoms. The van der Waals surface area contributed by atoms with Gasteiger partial charge in [-0.1, -0.05) is 49.0 Å². The minimum Gasteiger partial charge on any atom is -0.273 e. The van der Waals surface area contributed by atoms with Crippen molar-refractivity contribution in [2.75, 3.05) is 0 Å². The lowest BCUT2D eigenvalue weighted by atomic mass is 9.90. The summed E-state index contributed by atoms with van der Waals surface area (Å²) in [6.45, 7) is 2.22. The number of fused-ring (bicyclic) bond motifs is 1. The van der Waals surface area contributed by atoms with Crippen molar-refractivity contribution in [1.29, 1.82) is 0 Å². The summed E-state index contributed by atoms with van der Waals surface area (Å²) in [7, 11) is 0. The predicted octanol–water partition coefficient (Wildman–Crippen LogP) is 4.27. The number of amides is 1. The van der Waals surface area contributed by atoms with Crippen molar-refractivity contribution in [2.24, 2.45) is 22.4 Å². The van der Waals surface area contributed by atoms with Crippen LogP contribution in [-0.4, -0.2) is 12.1 Å². The first kappa shape index (κ1) is 14.9. The Balaban J connectivity index is 1.60. The maximum atomic E-state index is 12.2. The molecule has 5 heteroatoms. The second-order valence-electron chi connectivity index (χ2n) is 6.24. The van der Waals surface area contributed by atoms with E-state index in [2.05, 4.69) is 17.5 Å². The van der Waals surface area contributed by atoms with E-state index >= 15 is 0 Å². The van der Waals surface area contributed by atoms with Crippen molar-refractivity contribution >= 4 is 35.3 Å². The summed E-state index contributed by atoms with van der Waals surface area (Å²) in [5.41, 5.74) is 3.60. The van der Waals surface area contributed by atoms with Gasteiger partial charge in [0.2, 0.25) is 5.91 Å². The number of nitrogens with zero attached hydrogens (tertiary/aromatic N) is 1. The van der Waals surface area contributed by atoms with Crippen molar-refractivity contribution in [3.8, 4) is 0 Å². The molecule has 3 unspecified atom stereocenters. The van der Waals surface area contributed by atoms with E-state index in [1.54, 1.807) is 24.4 Å². The lowest BCUT2D eigenvalue weighted by molar-refractivity contribution is -0.123. The Morgan fingerprint density at radius 2 is 2.24 bits per heavy atom. The van der Waals surface area contributed by atoms with Gasteiger partial charge in [0, 0.05) is 16.5 Å². The predicted molar refractivity (Wildman–Crippen MR) is 85.8 cm³/mol. The van der Waals surface area contributed by atoms with Gasteiger partial charge in [-0.05, 0) is 36.3 Å². The first-order chi connectivity index (χ1) is 10.0. The average molecular weight is 325 g/mol. The highest BCUT2D eigenvalue weighted by atomic mass is 35.5. The van der Waals surface area contributed by atoms with E-state index in [4.69, 9.17) is 23.2 Å². The van der Waals surface area contributed by atoms with Crippen LogP contribution in [-0.2, 0) is 4.79 Å². The van der Waals surface area contributed by atoms with Gasteiger partial charge in [-0.25, -0.2) is 5.43 Å². The zero-order valence-corrected chi connectivity index (χ0v) is 13.4. The van der Waals surface area contributed by atoms with E-state index in [-0.39, 0.29) is 17.2 Å². The number of benzene rings is 1. The first-order valence-electron chi connectivity index (χ1n) is 7.30. The summed E-state index contributed by atoms with van der Waals surface area (Å²) in [6.07, 6.45) is 6.36. The van der Waals surface area contributed by atoms with Crippen molar-refractivity contribution in [1.82, 2.24) is 5.43 Å². The molecular formula is C16H18Cl2N2O. The van der Waals surface area contributed by atoms with Gasteiger partial charge < -0.3 is 0 Å². The third-order valence-electron chi connectivity index (χ3n) is 4.95. The number of rotatable bonds is 3. The van der Waals surface area contributed by atoms with E-state index < -0.39 is 0 Å². The van der Waals surface area contributed by atoms with E-state index in [9.17, 15) is 4.79 Å². The van der Waals surface area contributed by atoms with Crippen LogP contribution in [0.3, 0.4) is 0 Å². The molecule has 2 aliphatic carbocycles. The van der Waals surface area contributed by atoms with Crippen LogP contribution in [0.1, 0.15) is 38.2 Å². The summed E-state index contributed by atoms with van der Waals surface area (Å²) in [5, 5.41) is 5.13. The topological polar surface area (TPSA) is 41.5 Å². The van der Waals surface area contributed by atoms with Gasteiger partial charge >= 0.3 is 0 Å². The number of halogens is 2. The molecule has 3 atom stereocenters. The van der Waals surface area contributed by atoms with Gasteiger partial charge in [0.25, 0.3) is 0 Å². The van der Waals surface area contributed by atoms with Gasteiger partial charge in [-0.15, -0.1) is 0 Å². The minimum atomic E-state index is 0.0331. The Kier molecular flexibility index (Phi) is 3.98. The molecule has 0 spiro atoms. The van der Waals surface area contributed by atoms with Gasteiger partial charge in [0.15, 0.2) is 0 Å². The molecule has 1 aromatic rings. The Hall–Kier alpha value is -1.06. The molecule has 1 amide bonds. The van der Waals surface area contributed by atoms with E-state index in [1.165, 1.54) is 19.3 Å². The molecule has 1 N–H and O–H groups in total. The molecule has 2 fully saturated rings. The summed E-state index contributed by atoms with van der Waals surface area (Å²) in [4.78, 5) is 12.2. The molecular weight excluding hydrogens is 307 g/mol. The van der Waals surface area contributed by atoms with Crippen LogP contribution < -0.4 is 5.43 Å². The normalized spacial score (nSPS) is 31.0. The highest BCUT2D eigenvalue weighted by molar-refractivity contribution is 6.36. The Morgan fingerprint density at radius 1 is 1.43 bits per heavy atom. The number of hydrazone groups is 1. The first-order valence-corrected chi connectivity index (χ1v) is 8.06. The van der Waals surface area contributed by atoms with Crippen LogP contribution in [0.25, 0.3) is 0 Å². The van der Waals surface area contributed by atoms with Crippen LogP contribution in [0.5, 0.6) is 0 Å². The standard InChI is InChI=1S/C16H18Cl2N2O/c1-16-7-3-2-4-12(16)14(16)15(21)20-19-9-10-5-6-11(17)8-13(10)18/h5-6,8-9,12,14H,2-4,7H2,1H3,(H,20,21). The quantitative estimate of drug-likeness (QED) is 0.654. The number of carbonyl (C=O) groups excluding carboxylic acids is 1. The van der Waals surface area contributed by atoms with E-state index in [1.807, 2.05) is 0 Å². The third kappa shape index (κ3) is 2.82. The molecule has 0 heterocycles. The van der Waals surface area contributed by atoms with Crippen molar-refractivity contribution in [2.45, 2.75) is 32.6 Å². The zero-order chi connectivity index (χ0) is 15.0. The summed E-state index contributed by atoms with van der Waals surface area (Å²) >= 11 is 11.9.